The summed E-state index contributed by atoms with van der Waals surface area (Å²) in [5, 5.41) is 3.48. The van der Waals surface area contributed by atoms with E-state index in [1.165, 1.54) is 11.3 Å². The molecule has 2 nitrogen and oxygen atoms in total. The fourth-order valence-corrected chi connectivity index (χ4v) is 1.80. The summed E-state index contributed by atoms with van der Waals surface area (Å²) >= 11 is 0. The lowest BCUT2D eigenvalue weighted by Crippen LogP contribution is -2.28. The molecule has 0 heterocycles. The monoisotopic (exact) mass is 220 g/mol. The molecule has 1 rings (SSSR count). The Morgan fingerprint density at radius 2 is 1.88 bits per heavy atom. The minimum atomic E-state index is 1.02. The van der Waals surface area contributed by atoms with Gasteiger partial charge in [0.2, 0.25) is 0 Å². The highest BCUT2D eigenvalue weighted by atomic mass is 15.1. The summed E-state index contributed by atoms with van der Waals surface area (Å²) < 4.78 is 0. The van der Waals surface area contributed by atoms with Gasteiger partial charge in [-0.1, -0.05) is 32.9 Å². The number of rotatable bonds is 7. The van der Waals surface area contributed by atoms with Gasteiger partial charge in [0, 0.05) is 18.8 Å². The number of likely N-dealkylation sites (N-methyl/N-ethyl adjacent to an activating group) is 1. The molecule has 0 atom stereocenters. The highest BCUT2D eigenvalue weighted by Crippen LogP contribution is 2.10. The second-order valence-corrected chi connectivity index (χ2v) is 4.01. The number of hydrogen-bond donors (Lipinski definition) is 1. The molecule has 1 N–H and O–H groups in total. The first kappa shape index (κ1) is 13.0. The summed E-state index contributed by atoms with van der Waals surface area (Å²) in [5.74, 6) is 0. The molecule has 0 fully saturated rings. The molecule has 0 radical (unpaired) electrons. The van der Waals surface area contributed by atoms with E-state index in [-0.39, 0.29) is 0 Å². The number of aryl methyl sites for hydroxylation is 1. The molecule has 90 valence electrons. The number of anilines is 1. The Labute approximate surface area is 99.7 Å². The van der Waals surface area contributed by atoms with Crippen LogP contribution in [0.4, 0.5) is 5.69 Å². The number of benzene rings is 1. The average Bonchev–Trinajstić information content (AvgIpc) is 2.35. The first-order valence-corrected chi connectivity index (χ1v) is 6.35. The van der Waals surface area contributed by atoms with Crippen molar-refractivity contribution in [3.05, 3.63) is 29.8 Å². The maximum atomic E-state index is 3.48. The molecule has 0 aliphatic heterocycles. The first-order chi connectivity index (χ1) is 7.80. The lowest BCUT2D eigenvalue weighted by molar-refractivity contribution is 0.316. The molecule has 16 heavy (non-hydrogen) atoms. The molecular formula is C14H24N2. The summed E-state index contributed by atoms with van der Waals surface area (Å²) in [4.78, 5) is 2.43. The molecule has 0 spiro atoms. The van der Waals surface area contributed by atoms with E-state index in [2.05, 4.69) is 55.3 Å². The zero-order valence-corrected chi connectivity index (χ0v) is 10.8. The van der Waals surface area contributed by atoms with Crippen LogP contribution in [0.25, 0.3) is 0 Å². The van der Waals surface area contributed by atoms with Crippen LogP contribution in [-0.4, -0.2) is 31.1 Å². The molecule has 0 saturated carbocycles. The number of nitrogens with zero attached hydrogens (tertiary/aromatic N) is 1. The quantitative estimate of drug-likeness (QED) is 0.760. The van der Waals surface area contributed by atoms with Crippen LogP contribution in [-0.2, 0) is 6.42 Å². The highest BCUT2D eigenvalue weighted by molar-refractivity contribution is 5.45. The van der Waals surface area contributed by atoms with Gasteiger partial charge in [-0.15, -0.1) is 0 Å². The fraction of sp³-hybridized carbons (Fsp3) is 0.571. The van der Waals surface area contributed by atoms with Gasteiger partial charge in [0.15, 0.2) is 0 Å². The van der Waals surface area contributed by atoms with E-state index < -0.39 is 0 Å². The van der Waals surface area contributed by atoms with Crippen LogP contribution in [0.5, 0.6) is 0 Å². The molecule has 0 aliphatic rings. The zero-order valence-electron chi connectivity index (χ0n) is 10.8. The van der Waals surface area contributed by atoms with Gasteiger partial charge in [0.1, 0.15) is 0 Å². The SMILES string of the molecule is CCc1cccc(NCCN(CC)CC)c1. The van der Waals surface area contributed by atoms with Gasteiger partial charge in [-0.25, -0.2) is 0 Å². The summed E-state index contributed by atoms with van der Waals surface area (Å²) in [5.41, 5.74) is 2.64. The minimum Gasteiger partial charge on any atom is -0.384 e. The van der Waals surface area contributed by atoms with Crippen molar-refractivity contribution in [2.24, 2.45) is 0 Å². The standard InChI is InChI=1S/C14H24N2/c1-4-13-8-7-9-14(12-13)15-10-11-16(5-2)6-3/h7-9,12,15H,4-6,10-11H2,1-3H3. The third-order valence-electron chi connectivity index (χ3n) is 2.99. The van der Waals surface area contributed by atoms with Crippen molar-refractivity contribution in [1.82, 2.24) is 4.90 Å². The van der Waals surface area contributed by atoms with Crippen LogP contribution in [0.2, 0.25) is 0 Å². The summed E-state index contributed by atoms with van der Waals surface area (Å²) in [6, 6.07) is 8.68. The summed E-state index contributed by atoms with van der Waals surface area (Å²) in [6.45, 7) is 11.0. The Morgan fingerprint density at radius 1 is 1.12 bits per heavy atom. The van der Waals surface area contributed by atoms with Gasteiger partial charge in [0.25, 0.3) is 0 Å². The van der Waals surface area contributed by atoms with Crippen LogP contribution in [0.3, 0.4) is 0 Å². The smallest absolute Gasteiger partial charge is 0.0343 e. The van der Waals surface area contributed by atoms with E-state index in [4.69, 9.17) is 0 Å². The van der Waals surface area contributed by atoms with Gasteiger partial charge in [-0.05, 0) is 37.2 Å². The molecule has 0 bridgehead atoms. The molecule has 0 aromatic heterocycles. The van der Waals surface area contributed by atoms with Gasteiger partial charge < -0.3 is 10.2 Å². The number of nitrogens with one attached hydrogen (secondary N) is 1. The topological polar surface area (TPSA) is 15.3 Å². The molecule has 0 saturated heterocycles. The van der Waals surface area contributed by atoms with Crippen molar-refractivity contribution >= 4 is 5.69 Å². The predicted octanol–water partition coefficient (Wildman–Crippen LogP) is 3.00. The highest BCUT2D eigenvalue weighted by Gasteiger charge is 1.98. The summed E-state index contributed by atoms with van der Waals surface area (Å²) in [7, 11) is 0. The van der Waals surface area contributed by atoms with E-state index >= 15 is 0 Å². The Bertz CT molecular complexity index is 293. The third kappa shape index (κ3) is 4.23. The minimum absolute atomic E-state index is 1.02. The Hall–Kier alpha value is -1.02. The van der Waals surface area contributed by atoms with Crippen molar-refractivity contribution in [2.45, 2.75) is 27.2 Å². The average molecular weight is 220 g/mol. The van der Waals surface area contributed by atoms with Crippen LogP contribution >= 0.6 is 0 Å². The van der Waals surface area contributed by atoms with Gasteiger partial charge in [-0.3, -0.25) is 0 Å². The molecule has 0 unspecified atom stereocenters. The molecule has 1 aromatic rings. The van der Waals surface area contributed by atoms with Gasteiger partial charge in [-0.2, -0.15) is 0 Å². The van der Waals surface area contributed by atoms with E-state index in [0.29, 0.717) is 0 Å². The number of hydrogen-bond acceptors (Lipinski definition) is 2. The van der Waals surface area contributed by atoms with Gasteiger partial charge in [0.05, 0.1) is 0 Å². The lowest BCUT2D eigenvalue weighted by atomic mass is 10.1. The fourth-order valence-electron chi connectivity index (χ4n) is 1.80. The van der Waals surface area contributed by atoms with Crippen LogP contribution in [0.15, 0.2) is 24.3 Å². The van der Waals surface area contributed by atoms with Crippen molar-refractivity contribution in [2.75, 3.05) is 31.5 Å². The second-order valence-electron chi connectivity index (χ2n) is 4.01. The first-order valence-electron chi connectivity index (χ1n) is 6.35. The third-order valence-corrected chi connectivity index (χ3v) is 2.99. The Morgan fingerprint density at radius 3 is 2.50 bits per heavy atom. The van der Waals surface area contributed by atoms with Crippen molar-refractivity contribution in [3.63, 3.8) is 0 Å². The van der Waals surface area contributed by atoms with Crippen molar-refractivity contribution in [1.29, 1.82) is 0 Å². The Kier molecular flexibility index (Phi) is 5.94. The normalized spacial score (nSPS) is 10.8. The van der Waals surface area contributed by atoms with E-state index in [9.17, 15) is 0 Å². The zero-order chi connectivity index (χ0) is 11.8. The largest absolute Gasteiger partial charge is 0.384 e. The van der Waals surface area contributed by atoms with Crippen molar-refractivity contribution in [3.8, 4) is 0 Å². The van der Waals surface area contributed by atoms with E-state index in [1.54, 1.807) is 0 Å². The van der Waals surface area contributed by atoms with Crippen LogP contribution < -0.4 is 5.32 Å². The predicted molar refractivity (Wildman–Crippen MR) is 72.1 cm³/mol. The Balaban J connectivity index is 2.36. The molecule has 1 aromatic carbocycles. The van der Waals surface area contributed by atoms with E-state index in [1.807, 2.05) is 0 Å². The molecule has 2 heteroatoms. The van der Waals surface area contributed by atoms with Crippen LogP contribution in [0, 0.1) is 0 Å². The van der Waals surface area contributed by atoms with Crippen LogP contribution in [0.1, 0.15) is 26.3 Å². The second kappa shape index (κ2) is 7.29. The van der Waals surface area contributed by atoms with Crippen molar-refractivity contribution < 1.29 is 0 Å². The molecule has 0 amide bonds. The maximum absolute atomic E-state index is 3.48. The molecular weight excluding hydrogens is 196 g/mol. The van der Waals surface area contributed by atoms with Gasteiger partial charge >= 0.3 is 0 Å². The maximum Gasteiger partial charge on any atom is 0.0343 e. The lowest BCUT2D eigenvalue weighted by Gasteiger charge is -2.18. The molecule has 0 aliphatic carbocycles. The van der Waals surface area contributed by atoms with E-state index in [0.717, 1.165) is 32.6 Å². The summed E-state index contributed by atoms with van der Waals surface area (Å²) in [6.07, 6.45) is 1.10.